The number of hydrogen-bond acceptors (Lipinski definition) is 4. The maximum atomic E-state index is 12.1. The number of amides is 1. The van der Waals surface area contributed by atoms with E-state index in [-0.39, 0.29) is 18.6 Å². The highest BCUT2D eigenvalue weighted by atomic mass is 16.5. The molecular formula is C20H24N2O3. The van der Waals surface area contributed by atoms with Crippen LogP contribution in [-0.4, -0.2) is 43.7 Å². The number of carbonyl (C=O) groups excluding carboxylic acids is 1. The summed E-state index contributed by atoms with van der Waals surface area (Å²) in [6, 6.07) is 17.9. The third kappa shape index (κ3) is 4.97. The van der Waals surface area contributed by atoms with E-state index < -0.39 is 0 Å². The molecule has 1 aliphatic rings. The van der Waals surface area contributed by atoms with Gasteiger partial charge in [0, 0.05) is 25.7 Å². The number of carbonyl (C=O) groups is 1. The highest BCUT2D eigenvalue weighted by Gasteiger charge is 2.24. The Bertz CT molecular complexity index is 690. The fourth-order valence-electron chi connectivity index (χ4n) is 3.09. The maximum Gasteiger partial charge on any atom is 0.258 e. The van der Waals surface area contributed by atoms with Crippen molar-refractivity contribution in [1.82, 2.24) is 10.2 Å². The van der Waals surface area contributed by atoms with E-state index in [1.807, 2.05) is 24.3 Å². The van der Waals surface area contributed by atoms with E-state index in [1.54, 1.807) is 13.2 Å². The predicted octanol–water partition coefficient (Wildman–Crippen LogP) is 2.46. The Morgan fingerprint density at radius 2 is 1.84 bits per heavy atom. The molecule has 0 bridgehead atoms. The van der Waals surface area contributed by atoms with Crippen molar-refractivity contribution in [3.05, 3.63) is 60.2 Å². The molecule has 2 aromatic carbocycles. The number of methoxy groups -OCH3 is 1. The van der Waals surface area contributed by atoms with Crippen LogP contribution in [0.4, 0.5) is 0 Å². The van der Waals surface area contributed by atoms with Crippen LogP contribution < -0.4 is 14.8 Å². The van der Waals surface area contributed by atoms with Gasteiger partial charge >= 0.3 is 0 Å². The van der Waals surface area contributed by atoms with Gasteiger partial charge in [-0.15, -0.1) is 0 Å². The Labute approximate surface area is 148 Å². The summed E-state index contributed by atoms with van der Waals surface area (Å²) >= 11 is 0. The highest BCUT2D eigenvalue weighted by Crippen LogP contribution is 2.25. The van der Waals surface area contributed by atoms with Crippen molar-refractivity contribution in [3.8, 4) is 11.5 Å². The van der Waals surface area contributed by atoms with Crippen molar-refractivity contribution in [2.24, 2.45) is 0 Å². The molecule has 0 spiro atoms. The average molecular weight is 340 g/mol. The molecule has 5 heteroatoms. The van der Waals surface area contributed by atoms with E-state index in [2.05, 4.69) is 34.5 Å². The molecule has 132 valence electrons. The van der Waals surface area contributed by atoms with E-state index in [1.165, 1.54) is 5.56 Å². The second kappa shape index (κ2) is 8.53. The Hall–Kier alpha value is -2.53. The van der Waals surface area contributed by atoms with Crippen molar-refractivity contribution in [2.45, 2.75) is 19.0 Å². The second-order valence-corrected chi connectivity index (χ2v) is 6.21. The molecule has 0 aliphatic carbocycles. The molecule has 1 atom stereocenters. The summed E-state index contributed by atoms with van der Waals surface area (Å²) in [6.07, 6.45) is 0.966. The van der Waals surface area contributed by atoms with Crippen LogP contribution in [0, 0.1) is 0 Å². The van der Waals surface area contributed by atoms with Gasteiger partial charge in [0.1, 0.15) is 0 Å². The lowest BCUT2D eigenvalue weighted by molar-refractivity contribution is -0.123. The van der Waals surface area contributed by atoms with Gasteiger partial charge in [-0.1, -0.05) is 42.5 Å². The Morgan fingerprint density at radius 1 is 1.12 bits per heavy atom. The van der Waals surface area contributed by atoms with E-state index in [4.69, 9.17) is 9.47 Å². The maximum absolute atomic E-state index is 12.1. The topological polar surface area (TPSA) is 50.8 Å². The third-order valence-electron chi connectivity index (χ3n) is 4.31. The van der Waals surface area contributed by atoms with Gasteiger partial charge in [0.25, 0.3) is 5.91 Å². The first kappa shape index (κ1) is 17.3. The smallest absolute Gasteiger partial charge is 0.258 e. The molecule has 5 nitrogen and oxygen atoms in total. The number of nitrogens with zero attached hydrogens (tertiary/aromatic N) is 1. The van der Waals surface area contributed by atoms with Gasteiger partial charge in [0.15, 0.2) is 18.1 Å². The normalized spacial score (nSPS) is 17.2. The molecule has 1 heterocycles. The molecule has 1 aliphatic heterocycles. The zero-order valence-electron chi connectivity index (χ0n) is 14.5. The first-order valence-electron chi connectivity index (χ1n) is 8.56. The lowest BCUT2D eigenvalue weighted by atomic mass is 10.2. The van der Waals surface area contributed by atoms with Gasteiger partial charge in [-0.3, -0.25) is 9.69 Å². The van der Waals surface area contributed by atoms with E-state index >= 15 is 0 Å². The zero-order chi connectivity index (χ0) is 17.5. The molecule has 25 heavy (non-hydrogen) atoms. The number of para-hydroxylation sites is 2. The summed E-state index contributed by atoms with van der Waals surface area (Å²) < 4.78 is 10.8. The van der Waals surface area contributed by atoms with E-state index in [0.717, 1.165) is 26.1 Å². The molecular weight excluding hydrogens is 316 g/mol. The van der Waals surface area contributed by atoms with Crippen LogP contribution in [0.1, 0.15) is 12.0 Å². The van der Waals surface area contributed by atoms with Crippen LogP contribution in [0.2, 0.25) is 0 Å². The van der Waals surface area contributed by atoms with Crippen molar-refractivity contribution in [2.75, 3.05) is 26.8 Å². The van der Waals surface area contributed by atoms with Crippen LogP contribution >= 0.6 is 0 Å². The highest BCUT2D eigenvalue weighted by molar-refractivity contribution is 5.78. The largest absolute Gasteiger partial charge is 0.493 e. The molecule has 2 aromatic rings. The molecule has 1 unspecified atom stereocenters. The number of ether oxygens (including phenoxy) is 2. The summed E-state index contributed by atoms with van der Waals surface area (Å²) in [5.41, 5.74) is 1.30. The van der Waals surface area contributed by atoms with Crippen LogP contribution in [0.3, 0.4) is 0 Å². The Kier molecular flexibility index (Phi) is 5.90. The molecule has 3 rings (SSSR count). The summed E-state index contributed by atoms with van der Waals surface area (Å²) in [6.45, 7) is 2.78. The number of hydrogen-bond donors (Lipinski definition) is 1. The number of benzene rings is 2. The molecule has 0 aromatic heterocycles. The molecule has 1 amide bonds. The van der Waals surface area contributed by atoms with Crippen molar-refractivity contribution < 1.29 is 14.3 Å². The number of rotatable bonds is 7. The summed E-state index contributed by atoms with van der Waals surface area (Å²) in [5, 5.41) is 3.06. The molecule has 1 saturated heterocycles. The number of likely N-dealkylation sites (tertiary alicyclic amines) is 1. The standard InChI is InChI=1S/C20H24N2O3/c1-24-18-9-5-6-10-19(18)25-15-20(23)21-17-11-12-22(14-17)13-16-7-3-2-4-8-16/h2-10,17H,11-15H2,1H3,(H,21,23). The minimum atomic E-state index is -0.0996. The first-order valence-corrected chi connectivity index (χ1v) is 8.56. The van der Waals surface area contributed by atoms with Crippen LogP contribution in [0.15, 0.2) is 54.6 Å². The first-order chi connectivity index (χ1) is 12.2. The van der Waals surface area contributed by atoms with Gasteiger partial charge in [0.2, 0.25) is 0 Å². The van der Waals surface area contributed by atoms with Gasteiger partial charge in [-0.2, -0.15) is 0 Å². The minimum Gasteiger partial charge on any atom is -0.493 e. The molecule has 1 N–H and O–H groups in total. The Balaban J connectivity index is 1.43. The van der Waals surface area contributed by atoms with Gasteiger partial charge in [-0.25, -0.2) is 0 Å². The van der Waals surface area contributed by atoms with Crippen LogP contribution in [-0.2, 0) is 11.3 Å². The van der Waals surface area contributed by atoms with E-state index in [9.17, 15) is 4.79 Å². The second-order valence-electron chi connectivity index (χ2n) is 6.21. The minimum absolute atomic E-state index is 0.00441. The quantitative estimate of drug-likeness (QED) is 0.841. The summed E-state index contributed by atoms with van der Waals surface area (Å²) in [7, 11) is 1.59. The van der Waals surface area contributed by atoms with Crippen molar-refractivity contribution in [1.29, 1.82) is 0 Å². The number of nitrogens with one attached hydrogen (secondary N) is 1. The molecule has 0 saturated carbocycles. The predicted molar refractivity (Wildman–Crippen MR) is 96.8 cm³/mol. The van der Waals surface area contributed by atoms with Gasteiger partial charge in [0.05, 0.1) is 7.11 Å². The van der Waals surface area contributed by atoms with Gasteiger partial charge < -0.3 is 14.8 Å². The average Bonchev–Trinajstić information content (AvgIpc) is 3.07. The monoisotopic (exact) mass is 340 g/mol. The molecule has 1 fully saturated rings. The van der Waals surface area contributed by atoms with Crippen LogP contribution in [0.25, 0.3) is 0 Å². The third-order valence-corrected chi connectivity index (χ3v) is 4.31. The SMILES string of the molecule is COc1ccccc1OCC(=O)NC1CCN(Cc2ccccc2)C1. The fraction of sp³-hybridized carbons (Fsp3) is 0.350. The van der Waals surface area contributed by atoms with Crippen LogP contribution in [0.5, 0.6) is 11.5 Å². The lowest BCUT2D eigenvalue weighted by Gasteiger charge is -2.17. The summed E-state index contributed by atoms with van der Waals surface area (Å²) in [5.74, 6) is 1.11. The van der Waals surface area contributed by atoms with Gasteiger partial charge in [-0.05, 0) is 24.1 Å². The summed E-state index contributed by atoms with van der Waals surface area (Å²) in [4.78, 5) is 14.5. The van der Waals surface area contributed by atoms with Crippen molar-refractivity contribution in [3.63, 3.8) is 0 Å². The zero-order valence-corrected chi connectivity index (χ0v) is 14.5. The van der Waals surface area contributed by atoms with Crippen molar-refractivity contribution >= 4 is 5.91 Å². The lowest BCUT2D eigenvalue weighted by Crippen LogP contribution is -2.39. The van der Waals surface area contributed by atoms with E-state index in [0.29, 0.717) is 11.5 Å². The molecule has 0 radical (unpaired) electrons. The Morgan fingerprint density at radius 3 is 2.60 bits per heavy atom. The fourth-order valence-corrected chi connectivity index (χ4v) is 3.09.